The zero-order chi connectivity index (χ0) is 21.7. The first kappa shape index (κ1) is 20.3. The Morgan fingerprint density at radius 2 is 1.87 bits per heavy atom. The van der Waals surface area contributed by atoms with Gasteiger partial charge in [0.1, 0.15) is 11.5 Å². The van der Waals surface area contributed by atoms with Crippen LogP contribution in [-0.4, -0.2) is 36.8 Å². The van der Waals surface area contributed by atoms with Crippen molar-refractivity contribution >= 4 is 29.1 Å². The maximum absolute atomic E-state index is 13.7. The first-order valence-electron chi connectivity index (χ1n) is 10.4. The summed E-state index contributed by atoms with van der Waals surface area (Å²) in [5.74, 6) is 1.38. The summed E-state index contributed by atoms with van der Waals surface area (Å²) in [6, 6.07) is 6.85. The molecular weight excluding hydrogens is 433 g/mol. The monoisotopic (exact) mass is 453 g/mol. The number of benzene rings is 1. The number of piperidine rings is 1. The van der Waals surface area contributed by atoms with Crippen LogP contribution in [0.15, 0.2) is 36.7 Å². The SMILES string of the molecule is Cc1nc(-c2ncccn2)c2c(n1)C1C(C)CC[C@@H](C2)N1C(=O)c1cccc(Cl)c1Cl. The Balaban J connectivity index is 1.66. The molecule has 4 heterocycles. The number of carbonyl (C=O) groups excluding carboxylic acids is 1. The largest absolute Gasteiger partial charge is 0.326 e. The molecule has 1 amide bonds. The van der Waals surface area contributed by atoms with Gasteiger partial charge < -0.3 is 4.90 Å². The smallest absolute Gasteiger partial charge is 0.256 e. The predicted octanol–water partition coefficient (Wildman–Crippen LogP) is 5.09. The molecule has 0 N–H and O–H groups in total. The summed E-state index contributed by atoms with van der Waals surface area (Å²) in [6.07, 6.45) is 6.03. The Hall–Kier alpha value is -2.57. The fraction of sp³-hybridized carbons (Fsp3) is 0.348. The molecule has 2 unspecified atom stereocenters. The van der Waals surface area contributed by atoms with E-state index in [1.807, 2.05) is 11.8 Å². The van der Waals surface area contributed by atoms with Crippen molar-refractivity contribution in [2.75, 3.05) is 0 Å². The van der Waals surface area contributed by atoms with E-state index < -0.39 is 0 Å². The van der Waals surface area contributed by atoms with Gasteiger partial charge in [0.15, 0.2) is 5.82 Å². The Labute approximate surface area is 190 Å². The molecule has 158 valence electrons. The highest BCUT2D eigenvalue weighted by molar-refractivity contribution is 6.43. The maximum atomic E-state index is 13.7. The van der Waals surface area contributed by atoms with Crippen molar-refractivity contribution in [2.45, 2.75) is 45.2 Å². The summed E-state index contributed by atoms with van der Waals surface area (Å²) in [7, 11) is 0. The van der Waals surface area contributed by atoms with Gasteiger partial charge in [0.05, 0.1) is 27.3 Å². The van der Waals surface area contributed by atoms with Crippen LogP contribution >= 0.6 is 23.2 Å². The van der Waals surface area contributed by atoms with E-state index in [4.69, 9.17) is 28.2 Å². The molecule has 2 aliphatic heterocycles. The van der Waals surface area contributed by atoms with E-state index in [0.29, 0.717) is 33.7 Å². The molecule has 1 fully saturated rings. The number of aryl methyl sites for hydroxylation is 1. The van der Waals surface area contributed by atoms with E-state index >= 15 is 0 Å². The second-order valence-electron chi connectivity index (χ2n) is 8.23. The van der Waals surface area contributed by atoms with Crippen molar-refractivity contribution < 1.29 is 4.79 Å². The van der Waals surface area contributed by atoms with E-state index in [-0.39, 0.29) is 23.9 Å². The standard InChI is InChI=1S/C23H21Cl2N5O/c1-12-7-8-14-11-16-19(28-13(2)29-20(16)22-26-9-4-10-27-22)21(12)30(14)23(31)15-5-3-6-17(24)18(15)25/h3-6,9-10,12,14,21H,7-8,11H2,1-2H3/t12?,14-,21?/m0/s1. The number of nitrogens with zero attached hydrogens (tertiary/aromatic N) is 5. The number of amides is 1. The summed E-state index contributed by atoms with van der Waals surface area (Å²) in [4.78, 5) is 34.0. The van der Waals surface area contributed by atoms with Crippen molar-refractivity contribution in [1.29, 1.82) is 0 Å². The third-order valence-electron chi connectivity index (χ3n) is 6.25. The fourth-order valence-corrected chi connectivity index (χ4v) is 5.24. The molecule has 0 aliphatic carbocycles. The molecule has 3 atom stereocenters. The summed E-state index contributed by atoms with van der Waals surface area (Å²) in [6.45, 7) is 4.04. The van der Waals surface area contributed by atoms with E-state index in [1.165, 1.54) is 0 Å². The van der Waals surface area contributed by atoms with Crippen LogP contribution in [0.25, 0.3) is 11.5 Å². The number of rotatable bonds is 2. The zero-order valence-electron chi connectivity index (χ0n) is 17.2. The van der Waals surface area contributed by atoms with E-state index in [1.54, 1.807) is 36.7 Å². The lowest BCUT2D eigenvalue weighted by atomic mass is 9.76. The lowest BCUT2D eigenvalue weighted by Crippen LogP contribution is -2.53. The molecule has 2 aromatic heterocycles. The maximum Gasteiger partial charge on any atom is 0.256 e. The summed E-state index contributed by atoms with van der Waals surface area (Å²) >= 11 is 12.6. The van der Waals surface area contributed by atoms with Crippen LogP contribution in [0.5, 0.6) is 0 Å². The number of carbonyl (C=O) groups is 1. The van der Waals surface area contributed by atoms with Gasteiger partial charge in [0.25, 0.3) is 5.91 Å². The Kier molecular flexibility index (Phi) is 5.15. The van der Waals surface area contributed by atoms with Crippen molar-refractivity contribution in [3.05, 3.63) is 69.3 Å². The molecule has 0 spiro atoms. The van der Waals surface area contributed by atoms with Gasteiger partial charge >= 0.3 is 0 Å². The van der Waals surface area contributed by atoms with E-state index in [9.17, 15) is 4.79 Å². The van der Waals surface area contributed by atoms with Gasteiger partial charge in [0.2, 0.25) is 0 Å². The third kappa shape index (κ3) is 3.38. The van der Waals surface area contributed by atoms with Crippen molar-refractivity contribution in [3.8, 4) is 11.5 Å². The molecule has 0 saturated carbocycles. The molecule has 6 nitrogen and oxygen atoms in total. The average molecular weight is 454 g/mol. The molecule has 8 heteroatoms. The number of aromatic nitrogens is 4. The van der Waals surface area contributed by atoms with Gasteiger partial charge in [-0.1, -0.05) is 36.2 Å². The first-order chi connectivity index (χ1) is 15.0. The van der Waals surface area contributed by atoms with Crippen LogP contribution in [0, 0.1) is 12.8 Å². The minimum atomic E-state index is -0.158. The van der Waals surface area contributed by atoms with Crippen molar-refractivity contribution in [2.24, 2.45) is 5.92 Å². The molecule has 1 saturated heterocycles. The van der Waals surface area contributed by atoms with Crippen LogP contribution in [0.4, 0.5) is 0 Å². The van der Waals surface area contributed by atoms with Crippen LogP contribution in [0.3, 0.4) is 0 Å². The fourth-order valence-electron chi connectivity index (χ4n) is 4.86. The molecule has 2 aliphatic rings. The molecule has 5 rings (SSSR count). The lowest BCUT2D eigenvalue weighted by Gasteiger charge is -2.49. The van der Waals surface area contributed by atoms with Crippen molar-refractivity contribution in [1.82, 2.24) is 24.8 Å². The molecule has 0 radical (unpaired) electrons. The van der Waals surface area contributed by atoms with Gasteiger partial charge in [-0.05, 0) is 50.3 Å². The number of hydrogen-bond acceptors (Lipinski definition) is 5. The summed E-state index contributed by atoms with van der Waals surface area (Å²) in [5.41, 5.74) is 3.13. The minimum Gasteiger partial charge on any atom is -0.326 e. The average Bonchev–Trinajstić information content (AvgIpc) is 2.77. The normalized spacial score (nSPS) is 22.2. The second-order valence-corrected chi connectivity index (χ2v) is 9.01. The minimum absolute atomic E-state index is 0.0324. The van der Waals surface area contributed by atoms with Gasteiger partial charge in [-0.15, -0.1) is 0 Å². The third-order valence-corrected chi connectivity index (χ3v) is 7.07. The molecule has 2 bridgehead atoms. The van der Waals surface area contributed by atoms with Crippen molar-refractivity contribution in [3.63, 3.8) is 0 Å². The highest BCUT2D eigenvalue weighted by Crippen LogP contribution is 2.47. The van der Waals surface area contributed by atoms with E-state index in [2.05, 4.69) is 21.9 Å². The Bertz CT molecular complexity index is 1170. The van der Waals surface area contributed by atoms with Gasteiger partial charge in [-0.2, -0.15) is 0 Å². The van der Waals surface area contributed by atoms with Crippen LogP contribution in [0.2, 0.25) is 10.0 Å². The number of hydrogen-bond donors (Lipinski definition) is 0. The number of halogens is 2. The topological polar surface area (TPSA) is 71.9 Å². The first-order valence-corrected chi connectivity index (χ1v) is 11.1. The molecule has 3 aromatic rings. The lowest BCUT2D eigenvalue weighted by molar-refractivity contribution is 0.0226. The van der Waals surface area contributed by atoms with Crippen LogP contribution in [0.1, 0.15) is 53.2 Å². The van der Waals surface area contributed by atoms with E-state index in [0.717, 1.165) is 29.8 Å². The highest BCUT2D eigenvalue weighted by Gasteiger charge is 2.46. The Morgan fingerprint density at radius 3 is 2.65 bits per heavy atom. The van der Waals surface area contributed by atoms with Crippen LogP contribution in [-0.2, 0) is 6.42 Å². The second kappa shape index (κ2) is 7.84. The number of fused-ring (bicyclic) bond motifs is 4. The zero-order valence-corrected chi connectivity index (χ0v) is 18.7. The highest BCUT2D eigenvalue weighted by atomic mass is 35.5. The Morgan fingerprint density at radius 1 is 1.10 bits per heavy atom. The van der Waals surface area contributed by atoms with Gasteiger partial charge in [-0.3, -0.25) is 4.79 Å². The summed E-state index contributed by atoms with van der Waals surface area (Å²) < 4.78 is 0. The van der Waals surface area contributed by atoms with Gasteiger partial charge in [0, 0.05) is 24.0 Å². The molecule has 31 heavy (non-hydrogen) atoms. The molecule has 1 aromatic carbocycles. The van der Waals surface area contributed by atoms with Crippen LogP contribution < -0.4 is 0 Å². The van der Waals surface area contributed by atoms with Gasteiger partial charge in [-0.25, -0.2) is 19.9 Å². The predicted molar refractivity (Wildman–Crippen MR) is 119 cm³/mol. The molecular formula is C23H21Cl2N5O. The quantitative estimate of drug-likeness (QED) is 0.540. The summed E-state index contributed by atoms with van der Waals surface area (Å²) in [5, 5.41) is 0.674.